The second-order valence-electron chi connectivity index (χ2n) is 14.3. The van der Waals surface area contributed by atoms with E-state index in [0.717, 1.165) is 30.9 Å². The molecule has 2 saturated carbocycles. The zero-order valence-corrected chi connectivity index (χ0v) is 38.4. The van der Waals surface area contributed by atoms with Crippen LogP contribution in [0.5, 0.6) is 11.5 Å². The molecule has 0 aliphatic heterocycles. The van der Waals surface area contributed by atoms with Gasteiger partial charge in [-0.25, -0.2) is 34.4 Å². The normalized spacial score (nSPS) is 18.8. The SMILES string of the molecule is CS(=O)(=O)OC1CCC(Oc2c(F)cc(-c3ccc(S(C)(=O)=O)cc3)cc2F)CC1.CS(=O)(=O)c1ccc(-c2cc(F)c(OC3CCC(N=[N+]=[N-])CC3)c(F)c2)cc1.[N-]=[N+]=[N-].[Na+]. The molecule has 328 valence electrons. The number of halogens is 4. The molecule has 0 amide bonds. The molecular weight excluding hydrogens is 892 g/mol. The molecule has 4 aromatic rings. The van der Waals surface area contributed by atoms with Crippen molar-refractivity contribution in [1.29, 1.82) is 0 Å². The second kappa shape index (κ2) is 22.8. The molecule has 0 N–H and O–H groups in total. The number of rotatable bonds is 11. The van der Waals surface area contributed by atoms with E-state index < -0.39 is 76.8 Å². The summed E-state index contributed by atoms with van der Waals surface area (Å²) in [5, 5.41) is 3.67. The third kappa shape index (κ3) is 15.5. The fourth-order valence-electron chi connectivity index (χ4n) is 6.65. The predicted molar refractivity (Wildman–Crippen MR) is 218 cm³/mol. The molecule has 0 spiro atoms. The Bertz CT molecular complexity index is 2550. The van der Waals surface area contributed by atoms with Crippen LogP contribution in [-0.4, -0.2) is 68.4 Å². The number of sulfone groups is 2. The average molecular weight is 933 g/mol. The molecule has 0 bridgehead atoms. The molecule has 0 unspecified atom stereocenters. The van der Waals surface area contributed by atoms with Crippen LogP contribution >= 0.6 is 0 Å². The molecule has 2 aliphatic carbocycles. The van der Waals surface area contributed by atoms with Crippen LogP contribution in [-0.2, 0) is 34.0 Å². The topological polar surface area (TPSA) is 238 Å². The standard InChI is InChI=1S/C20H22F2O6S2.C19H19F2N3O3S.N3.Na/c1-29(23,24)17-9-3-13(4-10-17)14-11-18(21)20(19(22)12-14)27-15-5-7-16(8-6-15)28-30(2,25)26;1-28(25,26)16-8-2-12(3-9-16)13-10-17(20)19(18(21)11-13)27-15-6-4-14(5-7-15)23-24-22;1-3-2;/h3-4,9-12,15-16H,5-8H2,1-2H3;2-3,8-11,14-15H,4-7H2,1H3;;/q;;-1;+1. The quantitative estimate of drug-likeness (QED) is 0.0392. The Balaban J connectivity index is 0.000000307. The first-order chi connectivity index (χ1) is 28.6. The van der Waals surface area contributed by atoms with Gasteiger partial charge in [0.05, 0.1) is 34.4 Å². The van der Waals surface area contributed by atoms with Gasteiger partial charge < -0.3 is 20.5 Å². The summed E-state index contributed by atoms with van der Waals surface area (Å²) in [7, 11) is -10.3. The molecule has 2 aliphatic rings. The summed E-state index contributed by atoms with van der Waals surface area (Å²) in [6, 6.07) is 16.0. The molecule has 4 aromatic carbocycles. The number of hydrogen-bond acceptors (Lipinski definition) is 10. The molecule has 6 rings (SSSR count). The van der Waals surface area contributed by atoms with Gasteiger partial charge in [-0.2, -0.15) is 8.42 Å². The van der Waals surface area contributed by atoms with Gasteiger partial charge in [0, 0.05) is 23.5 Å². The molecule has 23 heteroatoms. The van der Waals surface area contributed by atoms with E-state index >= 15 is 0 Å². The van der Waals surface area contributed by atoms with E-state index in [1.165, 1.54) is 65.6 Å². The number of hydrogen-bond donors (Lipinski definition) is 0. The monoisotopic (exact) mass is 932 g/mol. The maximum Gasteiger partial charge on any atom is 1.00 e. The van der Waals surface area contributed by atoms with Crippen LogP contribution in [0.2, 0.25) is 0 Å². The zero-order valence-electron chi connectivity index (χ0n) is 34.0. The van der Waals surface area contributed by atoms with Crippen LogP contribution in [0.25, 0.3) is 48.7 Å². The second-order valence-corrected chi connectivity index (χ2v) is 19.9. The van der Waals surface area contributed by atoms with Gasteiger partial charge in [-0.3, -0.25) is 9.09 Å². The summed E-state index contributed by atoms with van der Waals surface area (Å²) >= 11 is 0. The van der Waals surface area contributed by atoms with Crippen LogP contribution in [0.4, 0.5) is 17.6 Å². The van der Waals surface area contributed by atoms with E-state index in [0.29, 0.717) is 62.5 Å². The third-order valence-corrected chi connectivity index (χ3v) is 12.5. The van der Waals surface area contributed by atoms with Crippen molar-refractivity contribution < 1.29 is 86.0 Å². The van der Waals surface area contributed by atoms with Crippen molar-refractivity contribution in [3.05, 3.63) is 122 Å². The predicted octanol–water partition coefficient (Wildman–Crippen LogP) is 6.61. The molecule has 2 fully saturated rings. The number of azide groups is 1. The minimum Gasteiger partial charge on any atom is -0.484 e. The smallest absolute Gasteiger partial charge is 0.484 e. The molecule has 0 saturated heterocycles. The fraction of sp³-hybridized carbons (Fsp3) is 0.385. The Morgan fingerprint density at radius 3 is 1.13 bits per heavy atom. The van der Waals surface area contributed by atoms with Gasteiger partial charge in [0.1, 0.15) is 0 Å². The van der Waals surface area contributed by atoms with Gasteiger partial charge >= 0.3 is 29.6 Å². The minimum atomic E-state index is -3.55. The van der Waals surface area contributed by atoms with Crippen LogP contribution in [0, 0.1) is 23.3 Å². The summed E-state index contributed by atoms with van der Waals surface area (Å²) in [6.45, 7) is 0. The van der Waals surface area contributed by atoms with Crippen LogP contribution in [0.1, 0.15) is 51.4 Å². The van der Waals surface area contributed by atoms with Gasteiger partial charge in [0.15, 0.2) is 54.4 Å². The maximum atomic E-state index is 14.6. The summed E-state index contributed by atoms with van der Waals surface area (Å²) in [5.74, 6) is -4.29. The molecule has 0 radical (unpaired) electrons. The van der Waals surface area contributed by atoms with Crippen molar-refractivity contribution >= 4 is 29.8 Å². The Hall–Kier alpha value is -4.37. The van der Waals surface area contributed by atoms with Gasteiger partial charge in [-0.1, -0.05) is 29.4 Å². The first-order valence-corrected chi connectivity index (χ1v) is 24.0. The summed E-state index contributed by atoms with van der Waals surface area (Å²) < 4.78 is 143. The van der Waals surface area contributed by atoms with E-state index in [4.69, 9.17) is 30.3 Å². The summed E-state index contributed by atoms with van der Waals surface area (Å²) in [6.07, 6.45) is 5.88. The number of nitrogens with zero attached hydrogens (tertiary/aromatic N) is 6. The molecule has 0 heterocycles. The van der Waals surface area contributed by atoms with Gasteiger partial charge in [-0.15, -0.1) is 0 Å². The van der Waals surface area contributed by atoms with Gasteiger partial charge in [0.25, 0.3) is 10.1 Å². The summed E-state index contributed by atoms with van der Waals surface area (Å²) in [5.41, 5.74) is 23.5. The zero-order chi connectivity index (χ0) is 45.1. The van der Waals surface area contributed by atoms with E-state index in [2.05, 4.69) is 10.0 Å². The van der Waals surface area contributed by atoms with E-state index in [9.17, 15) is 42.8 Å². The van der Waals surface area contributed by atoms with Crippen molar-refractivity contribution in [2.75, 3.05) is 18.8 Å². The van der Waals surface area contributed by atoms with Gasteiger partial charge in [-0.05, 0) is 128 Å². The Labute approximate surface area is 379 Å². The molecule has 15 nitrogen and oxygen atoms in total. The fourth-order valence-corrected chi connectivity index (χ4v) is 8.59. The maximum absolute atomic E-state index is 14.6. The van der Waals surface area contributed by atoms with Crippen LogP contribution < -0.4 is 39.0 Å². The number of ether oxygens (including phenoxy) is 2. The van der Waals surface area contributed by atoms with Crippen molar-refractivity contribution in [3.63, 3.8) is 0 Å². The Morgan fingerprint density at radius 1 is 0.532 bits per heavy atom. The molecule has 0 aromatic heterocycles. The summed E-state index contributed by atoms with van der Waals surface area (Å²) in [4.78, 5) is 4.53. The first kappa shape index (κ1) is 52.0. The van der Waals surface area contributed by atoms with E-state index in [1.54, 1.807) is 0 Å². The molecular formula is C39H41F4N6NaO9S3. The van der Waals surface area contributed by atoms with Crippen molar-refractivity contribution in [2.45, 2.75) is 85.5 Å². The molecule has 0 atom stereocenters. The van der Waals surface area contributed by atoms with Gasteiger partial charge in [0.2, 0.25) is 0 Å². The Kier molecular flexibility index (Phi) is 19.1. The average Bonchev–Trinajstić information content (AvgIpc) is 3.18. The van der Waals surface area contributed by atoms with E-state index in [-0.39, 0.29) is 62.6 Å². The number of benzene rings is 4. The van der Waals surface area contributed by atoms with Crippen LogP contribution in [0.15, 0.2) is 87.7 Å². The minimum absolute atomic E-state index is 0. The third-order valence-electron chi connectivity index (χ3n) is 9.59. The van der Waals surface area contributed by atoms with Crippen molar-refractivity contribution in [2.24, 2.45) is 5.11 Å². The van der Waals surface area contributed by atoms with E-state index in [1.807, 2.05) is 0 Å². The first-order valence-electron chi connectivity index (χ1n) is 18.4. The Morgan fingerprint density at radius 2 is 0.839 bits per heavy atom. The van der Waals surface area contributed by atoms with Crippen LogP contribution in [0.3, 0.4) is 0 Å². The van der Waals surface area contributed by atoms with Crippen molar-refractivity contribution in [1.82, 2.24) is 0 Å². The van der Waals surface area contributed by atoms with Crippen molar-refractivity contribution in [3.8, 4) is 33.8 Å². The molecule has 62 heavy (non-hydrogen) atoms. The largest absolute Gasteiger partial charge is 1.00 e.